The van der Waals surface area contributed by atoms with Crippen molar-refractivity contribution in [2.75, 3.05) is 18.6 Å². The van der Waals surface area contributed by atoms with E-state index in [0.29, 0.717) is 22.6 Å². The molecule has 8 nitrogen and oxygen atoms in total. The normalized spacial score (nSPS) is 15.9. The maximum Gasteiger partial charge on any atom is 0.342 e. The molecule has 1 aliphatic heterocycles. The highest BCUT2D eigenvalue weighted by Gasteiger charge is 2.31. The Bertz CT molecular complexity index is 1120. The summed E-state index contributed by atoms with van der Waals surface area (Å²) in [6.07, 6.45) is 4.57. The van der Waals surface area contributed by atoms with Crippen LogP contribution in [0.2, 0.25) is 0 Å². The molecule has 1 atom stereocenters. The second-order valence-electron chi connectivity index (χ2n) is 6.75. The summed E-state index contributed by atoms with van der Waals surface area (Å²) in [7, 11) is 1.62. The summed E-state index contributed by atoms with van der Waals surface area (Å²) >= 11 is 3.38. The van der Waals surface area contributed by atoms with Crippen LogP contribution in [0.5, 0.6) is 5.75 Å². The molecule has 10 heteroatoms. The van der Waals surface area contributed by atoms with Crippen LogP contribution in [0.4, 0.5) is 14.9 Å². The zero-order valence-corrected chi connectivity index (χ0v) is 17.5. The molecule has 0 aliphatic carbocycles. The van der Waals surface area contributed by atoms with Crippen molar-refractivity contribution >= 4 is 33.6 Å². The number of ether oxygens (including phenoxy) is 1. The van der Waals surface area contributed by atoms with Gasteiger partial charge in [-0.05, 0) is 29.8 Å². The quantitative estimate of drug-likeness (QED) is 0.590. The highest BCUT2D eigenvalue weighted by molar-refractivity contribution is 9.10. The Morgan fingerprint density at radius 1 is 1.40 bits per heavy atom. The number of benzene rings is 1. The number of hydrogen-bond acceptors (Lipinski definition) is 5. The molecule has 30 heavy (non-hydrogen) atoms. The minimum atomic E-state index is -0.892. The van der Waals surface area contributed by atoms with Gasteiger partial charge in [0, 0.05) is 35.9 Å². The van der Waals surface area contributed by atoms with Crippen molar-refractivity contribution in [3.8, 4) is 5.75 Å². The molecule has 0 radical (unpaired) electrons. The van der Waals surface area contributed by atoms with Crippen LogP contribution in [0.15, 0.2) is 53.4 Å². The third-order valence-electron chi connectivity index (χ3n) is 4.69. The molecule has 0 saturated carbocycles. The predicted octanol–water partition coefficient (Wildman–Crippen LogP) is 2.75. The van der Waals surface area contributed by atoms with E-state index < -0.39 is 18.0 Å². The minimum Gasteiger partial charge on any atom is -0.489 e. The Balaban J connectivity index is 1.46. The van der Waals surface area contributed by atoms with Gasteiger partial charge < -0.3 is 15.0 Å². The summed E-state index contributed by atoms with van der Waals surface area (Å²) in [6.45, 7) is -0.0153. The van der Waals surface area contributed by atoms with Crippen LogP contribution in [0.3, 0.4) is 0 Å². The Hall–Kier alpha value is -3.27. The fourth-order valence-corrected chi connectivity index (χ4v) is 3.47. The second-order valence-corrected chi connectivity index (χ2v) is 7.66. The summed E-state index contributed by atoms with van der Waals surface area (Å²) in [6, 6.07) is 7.12. The number of pyridine rings is 1. The first-order valence-electron chi connectivity index (χ1n) is 9.06. The van der Waals surface area contributed by atoms with Gasteiger partial charge in [0.1, 0.15) is 18.4 Å². The molecular formula is C20H17BrFN5O3. The Kier molecular flexibility index (Phi) is 5.49. The standard InChI is InChI=1S/C20H17BrFN5O3/c1-26-16-8-14(21)4-5-17(16)30-11-15(19(26)28)25-20(29)27-10-12(9-24-27)7-13-3-2-6-23-18(13)22/h2-6,8-10,15H,7,11H2,1H3,(H,25,29)/t15-/m0/s1. The minimum absolute atomic E-state index is 0.0153. The number of nitrogens with zero attached hydrogens (tertiary/aromatic N) is 4. The van der Waals surface area contributed by atoms with E-state index in [1.54, 1.807) is 31.3 Å². The van der Waals surface area contributed by atoms with Crippen molar-refractivity contribution in [1.29, 1.82) is 0 Å². The van der Waals surface area contributed by atoms with Crippen LogP contribution in [0.25, 0.3) is 0 Å². The Morgan fingerprint density at radius 3 is 3.03 bits per heavy atom. The first-order chi connectivity index (χ1) is 14.4. The van der Waals surface area contributed by atoms with Gasteiger partial charge >= 0.3 is 6.03 Å². The fraction of sp³-hybridized carbons (Fsp3) is 0.200. The summed E-state index contributed by atoms with van der Waals surface area (Å²) < 4.78 is 21.3. The molecule has 0 saturated heterocycles. The van der Waals surface area contributed by atoms with Crippen molar-refractivity contribution in [2.45, 2.75) is 12.5 Å². The molecule has 0 unspecified atom stereocenters. The fourth-order valence-electron chi connectivity index (χ4n) is 3.12. The third-order valence-corrected chi connectivity index (χ3v) is 5.18. The average molecular weight is 474 g/mol. The maximum absolute atomic E-state index is 13.7. The Morgan fingerprint density at radius 2 is 2.23 bits per heavy atom. The molecule has 3 aromatic rings. The lowest BCUT2D eigenvalue weighted by Crippen LogP contribution is -2.50. The van der Waals surface area contributed by atoms with Crippen LogP contribution in [-0.4, -0.2) is 46.4 Å². The number of amides is 2. The van der Waals surface area contributed by atoms with Gasteiger partial charge in [-0.2, -0.15) is 14.2 Å². The second kappa shape index (κ2) is 8.23. The lowest BCUT2D eigenvalue weighted by molar-refractivity contribution is -0.120. The molecule has 0 fully saturated rings. The summed E-state index contributed by atoms with van der Waals surface area (Å²) in [4.78, 5) is 30.5. The van der Waals surface area contributed by atoms with Gasteiger partial charge in [-0.3, -0.25) is 4.79 Å². The zero-order valence-electron chi connectivity index (χ0n) is 15.9. The average Bonchev–Trinajstić information content (AvgIpc) is 3.17. The largest absolute Gasteiger partial charge is 0.489 e. The van der Waals surface area contributed by atoms with Gasteiger partial charge in [0.25, 0.3) is 5.91 Å². The van der Waals surface area contributed by atoms with Crippen molar-refractivity contribution in [3.05, 3.63) is 70.5 Å². The molecule has 1 N–H and O–H groups in total. The van der Waals surface area contributed by atoms with E-state index in [0.717, 1.165) is 9.15 Å². The number of aromatic nitrogens is 3. The summed E-state index contributed by atoms with van der Waals surface area (Å²) in [5, 5.41) is 6.66. The molecule has 1 aromatic carbocycles. The van der Waals surface area contributed by atoms with Crippen LogP contribution in [-0.2, 0) is 11.2 Å². The van der Waals surface area contributed by atoms with Crippen molar-refractivity contribution < 1.29 is 18.7 Å². The van der Waals surface area contributed by atoms with Crippen molar-refractivity contribution in [3.63, 3.8) is 0 Å². The Labute approximate surface area is 179 Å². The van der Waals surface area contributed by atoms with E-state index in [4.69, 9.17) is 4.74 Å². The number of fused-ring (bicyclic) bond motifs is 1. The highest BCUT2D eigenvalue weighted by atomic mass is 79.9. The lowest BCUT2D eigenvalue weighted by Gasteiger charge is -2.20. The van der Waals surface area contributed by atoms with E-state index in [-0.39, 0.29) is 18.9 Å². The van der Waals surface area contributed by atoms with Gasteiger partial charge in [-0.1, -0.05) is 22.0 Å². The molecule has 0 spiro atoms. The van der Waals surface area contributed by atoms with Gasteiger partial charge in [0.2, 0.25) is 5.95 Å². The number of halogens is 2. The van der Waals surface area contributed by atoms with Crippen LogP contribution >= 0.6 is 15.9 Å². The molecule has 2 aromatic heterocycles. The summed E-state index contributed by atoms with van der Waals surface area (Å²) in [5.41, 5.74) is 1.64. The highest BCUT2D eigenvalue weighted by Crippen LogP contribution is 2.33. The number of likely N-dealkylation sites (N-methyl/N-ethyl adjacent to an activating group) is 1. The number of anilines is 1. The van der Waals surface area contributed by atoms with Gasteiger partial charge in [-0.15, -0.1) is 0 Å². The van der Waals surface area contributed by atoms with Crippen LogP contribution in [0.1, 0.15) is 11.1 Å². The first kappa shape index (κ1) is 20.0. The first-order valence-corrected chi connectivity index (χ1v) is 9.85. The number of rotatable bonds is 3. The summed E-state index contributed by atoms with van der Waals surface area (Å²) in [5.74, 6) is -0.333. The topological polar surface area (TPSA) is 89.4 Å². The number of hydrogen-bond donors (Lipinski definition) is 1. The van der Waals surface area contributed by atoms with E-state index in [1.807, 2.05) is 6.07 Å². The molecular weight excluding hydrogens is 457 g/mol. The van der Waals surface area contributed by atoms with E-state index in [1.165, 1.54) is 23.5 Å². The van der Waals surface area contributed by atoms with Crippen LogP contribution in [0, 0.1) is 5.95 Å². The molecule has 4 rings (SSSR count). The number of carbonyl (C=O) groups excluding carboxylic acids is 2. The SMILES string of the molecule is CN1C(=O)[C@@H](NC(=O)n2cc(Cc3cccnc3F)cn2)COc2ccc(Br)cc21. The predicted molar refractivity (Wildman–Crippen MR) is 110 cm³/mol. The smallest absolute Gasteiger partial charge is 0.342 e. The van der Waals surface area contributed by atoms with Crippen LogP contribution < -0.4 is 15.0 Å². The lowest BCUT2D eigenvalue weighted by atomic mass is 10.1. The number of carbonyl (C=O) groups is 2. The van der Waals surface area contributed by atoms with E-state index in [9.17, 15) is 14.0 Å². The molecule has 2 amide bonds. The van der Waals surface area contributed by atoms with Gasteiger partial charge in [0.15, 0.2) is 0 Å². The molecule has 0 bridgehead atoms. The van der Waals surface area contributed by atoms with Crippen molar-refractivity contribution in [1.82, 2.24) is 20.1 Å². The van der Waals surface area contributed by atoms with E-state index in [2.05, 4.69) is 31.3 Å². The van der Waals surface area contributed by atoms with Gasteiger partial charge in [0.05, 0.1) is 11.9 Å². The zero-order chi connectivity index (χ0) is 21.3. The molecule has 154 valence electrons. The third kappa shape index (κ3) is 4.04. The maximum atomic E-state index is 13.7. The van der Waals surface area contributed by atoms with E-state index >= 15 is 0 Å². The molecule has 3 heterocycles. The van der Waals surface area contributed by atoms with Crippen molar-refractivity contribution in [2.24, 2.45) is 0 Å². The molecule has 1 aliphatic rings. The van der Waals surface area contributed by atoms with Gasteiger partial charge in [-0.25, -0.2) is 9.78 Å². The number of nitrogens with one attached hydrogen (secondary N) is 1. The monoisotopic (exact) mass is 473 g/mol.